The van der Waals surface area contributed by atoms with Crippen LogP contribution in [0.2, 0.25) is 0 Å². The molecule has 2 aromatic rings. The third-order valence-electron chi connectivity index (χ3n) is 6.12. The highest BCUT2D eigenvalue weighted by molar-refractivity contribution is 5.92. The number of aryl methyl sites for hydroxylation is 1. The summed E-state index contributed by atoms with van der Waals surface area (Å²) in [4.78, 5) is 16.7. The van der Waals surface area contributed by atoms with Crippen LogP contribution in [0, 0.1) is 11.3 Å². The molecule has 0 radical (unpaired) electrons. The smallest absolute Gasteiger partial charge is 0.269 e. The first-order chi connectivity index (χ1) is 11.5. The molecule has 1 unspecified atom stereocenters. The number of nitrogens with zero attached hydrogens (tertiary/aromatic N) is 2. The van der Waals surface area contributed by atoms with Crippen LogP contribution in [-0.4, -0.2) is 21.5 Å². The van der Waals surface area contributed by atoms with Gasteiger partial charge in [0.15, 0.2) is 0 Å². The lowest BCUT2D eigenvalue weighted by atomic mass is 9.31. The van der Waals surface area contributed by atoms with Crippen molar-refractivity contribution in [1.82, 2.24) is 14.9 Å². The van der Waals surface area contributed by atoms with Crippen LogP contribution in [0.3, 0.4) is 0 Å². The number of nitrogens with one attached hydrogen (secondary N) is 1. The van der Waals surface area contributed by atoms with Gasteiger partial charge in [0.2, 0.25) is 0 Å². The van der Waals surface area contributed by atoms with E-state index in [4.69, 9.17) is 0 Å². The van der Waals surface area contributed by atoms with E-state index in [-0.39, 0.29) is 17.4 Å². The van der Waals surface area contributed by atoms with E-state index in [1.807, 2.05) is 7.05 Å². The molecule has 4 heteroatoms. The molecule has 3 saturated carbocycles. The Kier molecular flexibility index (Phi) is 3.34. The van der Waals surface area contributed by atoms with E-state index in [1.54, 1.807) is 17.1 Å². The van der Waals surface area contributed by atoms with Crippen molar-refractivity contribution in [3.05, 3.63) is 54.1 Å². The minimum Gasteiger partial charge on any atom is -0.347 e. The summed E-state index contributed by atoms with van der Waals surface area (Å²) < 4.78 is 1.78. The predicted octanol–water partition coefficient (Wildman–Crippen LogP) is 3.30. The van der Waals surface area contributed by atoms with E-state index in [1.165, 1.54) is 24.8 Å². The van der Waals surface area contributed by atoms with Crippen molar-refractivity contribution in [3.8, 4) is 0 Å². The molecule has 1 N–H and O–H groups in total. The van der Waals surface area contributed by atoms with Gasteiger partial charge in [0.05, 0.1) is 12.5 Å². The van der Waals surface area contributed by atoms with Crippen molar-refractivity contribution >= 4 is 5.91 Å². The standard InChI is InChI=1S/C20H25N3O/c1-14(2)17(22-18(24)16-9-21-13-23(16)3)20-10-19(11-20,12-20)15-7-5-4-6-8-15/h4-9,13-14,17H,10-12H2,1-3H3,(H,22,24). The SMILES string of the molecule is CC(C)C(NC(=O)c1cncn1C)C12CC(c3ccccc3)(C1)C2. The minimum absolute atomic E-state index is 0.00724. The van der Waals surface area contributed by atoms with Crippen LogP contribution in [0.1, 0.15) is 49.2 Å². The van der Waals surface area contributed by atoms with Crippen LogP contribution in [-0.2, 0) is 12.5 Å². The first-order valence-electron chi connectivity index (χ1n) is 8.79. The molecule has 5 rings (SSSR count). The van der Waals surface area contributed by atoms with Gasteiger partial charge in [-0.1, -0.05) is 44.2 Å². The zero-order chi connectivity index (χ0) is 16.9. The molecule has 3 aliphatic rings. The number of carbonyl (C=O) groups is 1. The maximum Gasteiger partial charge on any atom is 0.269 e. The van der Waals surface area contributed by atoms with Gasteiger partial charge in [0.1, 0.15) is 5.69 Å². The number of benzene rings is 1. The molecule has 0 saturated heterocycles. The van der Waals surface area contributed by atoms with Crippen LogP contribution in [0.25, 0.3) is 0 Å². The summed E-state index contributed by atoms with van der Waals surface area (Å²) in [5, 5.41) is 3.31. The zero-order valence-electron chi connectivity index (χ0n) is 14.6. The van der Waals surface area contributed by atoms with Gasteiger partial charge in [-0.2, -0.15) is 0 Å². The summed E-state index contributed by atoms with van der Waals surface area (Å²) in [7, 11) is 1.86. The van der Waals surface area contributed by atoms with Gasteiger partial charge in [-0.05, 0) is 41.6 Å². The number of carbonyl (C=O) groups excluding carboxylic acids is 1. The van der Waals surface area contributed by atoms with Gasteiger partial charge in [-0.15, -0.1) is 0 Å². The molecule has 3 aliphatic carbocycles. The lowest BCUT2D eigenvalue weighted by molar-refractivity contribution is -0.170. The molecule has 2 bridgehead atoms. The third-order valence-corrected chi connectivity index (χ3v) is 6.12. The Morgan fingerprint density at radius 3 is 2.42 bits per heavy atom. The highest BCUT2D eigenvalue weighted by Crippen LogP contribution is 2.75. The molecular weight excluding hydrogens is 298 g/mol. The van der Waals surface area contributed by atoms with Gasteiger partial charge in [-0.3, -0.25) is 4.79 Å². The Labute approximate surface area is 143 Å². The van der Waals surface area contributed by atoms with Gasteiger partial charge >= 0.3 is 0 Å². The van der Waals surface area contributed by atoms with Crippen LogP contribution in [0.5, 0.6) is 0 Å². The topological polar surface area (TPSA) is 46.9 Å². The summed E-state index contributed by atoms with van der Waals surface area (Å²) in [5.74, 6) is 0.420. The quantitative estimate of drug-likeness (QED) is 0.918. The van der Waals surface area contributed by atoms with Crippen LogP contribution in [0.4, 0.5) is 0 Å². The Hall–Kier alpha value is -2.10. The fraction of sp³-hybridized carbons (Fsp3) is 0.500. The molecule has 3 fully saturated rings. The molecule has 1 heterocycles. The first-order valence-corrected chi connectivity index (χ1v) is 8.79. The van der Waals surface area contributed by atoms with Crippen molar-refractivity contribution in [3.63, 3.8) is 0 Å². The van der Waals surface area contributed by atoms with Crippen molar-refractivity contribution in [1.29, 1.82) is 0 Å². The molecule has 0 spiro atoms. The van der Waals surface area contributed by atoms with E-state index < -0.39 is 0 Å². The average molecular weight is 323 g/mol. The van der Waals surface area contributed by atoms with Gasteiger partial charge in [0, 0.05) is 13.1 Å². The highest BCUT2D eigenvalue weighted by atomic mass is 16.2. The maximum absolute atomic E-state index is 12.6. The molecular formula is C20H25N3O. The predicted molar refractivity (Wildman–Crippen MR) is 93.7 cm³/mol. The number of rotatable bonds is 5. The second-order valence-corrected chi connectivity index (χ2v) is 8.12. The summed E-state index contributed by atoms with van der Waals surface area (Å²) in [6.07, 6.45) is 6.89. The molecule has 126 valence electrons. The lowest BCUT2D eigenvalue weighted by Crippen LogP contribution is -2.73. The van der Waals surface area contributed by atoms with Crippen LogP contribution < -0.4 is 5.32 Å². The van der Waals surface area contributed by atoms with Crippen molar-refractivity contribution < 1.29 is 4.79 Å². The van der Waals surface area contributed by atoms with E-state index in [2.05, 4.69) is 54.5 Å². The molecule has 1 amide bonds. The van der Waals surface area contributed by atoms with Crippen LogP contribution in [0.15, 0.2) is 42.9 Å². The van der Waals surface area contributed by atoms with E-state index >= 15 is 0 Å². The monoisotopic (exact) mass is 323 g/mol. The number of amides is 1. The lowest BCUT2D eigenvalue weighted by Gasteiger charge is -2.74. The van der Waals surface area contributed by atoms with Crippen molar-refractivity contribution in [2.24, 2.45) is 18.4 Å². The number of hydrogen-bond acceptors (Lipinski definition) is 2. The van der Waals surface area contributed by atoms with Crippen molar-refractivity contribution in [2.75, 3.05) is 0 Å². The summed E-state index contributed by atoms with van der Waals surface area (Å²) in [5.41, 5.74) is 2.74. The molecule has 24 heavy (non-hydrogen) atoms. The van der Waals surface area contributed by atoms with E-state index in [9.17, 15) is 4.79 Å². The molecule has 1 aromatic heterocycles. The number of imidazole rings is 1. The molecule has 1 aromatic carbocycles. The fourth-order valence-corrected chi connectivity index (χ4v) is 5.11. The van der Waals surface area contributed by atoms with E-state index in [0.29, 0.717) is 17.0 Å². The second-order valence-electron chi connectivity index (χ2n) is 8.12. The summed E-state index contributed by atoms with van der Waals surface area (Å²) in [6, 6.07) is 11.1. The minimum atomic E-state index is -0.00724. The van der Waals surface area contributed by atoms with Gasteiger partial charge in [0.25, 0.3) is 5.91 Å². The number of aromatic nitrogens is 2. The van der Waals surface area contributed by atoms with Gasteiger partial charge in [-0.25, -0.2) is 4.98 Å². The average Bonchev–Trinajstić information content (AvgIpc) is 2.90. The Morgan fingerprint density at radius 2 is 1.88 bits per heavy atom. The highest BCUT2D eigenvalue weighted by Gasteiger charge is 2.71. The Balaban J connectivity index is 1.49. The Morgan fingerprint density at radius 1 is 1.21 bits per heavy atom. The largest absolute Gasteiger partial charge is 0.347 e. The van der Waals surface area contributed by atoms with Crippen LogP contribution >= 0.6 is 0 Å². The first kappa shape index (κ1) is 15.4. The normalized spacial score (nSPS) is 28.8. The number of hydrogen-bond donors (Lipinski definition) is 1. The molecule has 0 aliphatic heterocycles. The summed E-state index contributed by atoms with van der Waals surface area (Å²) >= 11 is 0. The fourth-order valence-electron chi connectivity index (χ4n) is 5.11. The molecule has 1 atom stereocenters. The third kappa shape index (κ3) is 2.12. The maximum atomic E-state index is 12.6. The second kappa shape index (κ2) is 5.20. The Bertz CT molecular complexity index is 742. The van der Waals surface area contributed by atoms with E-state index in [0.717, 1.165) is 0 Å². The van der Waals surface area contributed by atoms with Gasteiger partial charge < -0.3 is 9.88 Å². The zero-order valence-corrected chi connectivity index (χ0v) is 14.6. The molecule has 4 nitrogen and oxygen atoms in total. The summed E-state index contributed by atoms with van der Waals surface area (Å²) in [6.45, 7) is 4.42. The van der Waals surface area contributed by atoms with Crippen molar-refractivity contribution in [2.45, 2.75) is 44.6 Å².